The van der Waals surface area contributed by atoms with Crippen LogP contribution in [0, 0.1) is 23.7 Å². The van der Waals surface area contributed by atoms with Gasteiger partial charge in [-0.1, -0.05) is 66.6 Å². The molecule has 0 aromatic heterocycles. The van der Waals surface area contributed by atoms with Crippen molar-refractivity contribution >= 4 is 22.8 Å². The number of ether oxygens (including phenoxy) is 1. The van der Waals surface area contributed by atoms with Gasteiger partial charge in [0.15, 0.2) is 0 Å². The second-order valence-electron chi connectivity index (χ2n) is 6.71. The molecular formula is C26H22N2O2. The molecule has 0 radical (unpaired) electrons. The normalized spacial score (nSPS) is 10.8. The summed E-state index contributed by atoms with van der Waals surface area (Å²) in [7, 11) is 0. The fourth-order valence-electron chi connectivity index (χ4n) is 3.20. The molecule has 0 atom stereocenters. The molecule has 1 N–H and O–H groups in total. The summed E-state index contributed by atoms with van der Waals surface area (Å²) in [5.74, 6) is 2.58. The summed E-state index contributed by atoms with van der Waals surface area (Å²) in [5, 5.41) is 14.3. The number of amides is 1. The van der Waals surface area contributed by atoms with Crippen molar-refractivity contribution in [1.82, 2.24) is 5.32 Å². The smallest absolute Gasteiger partial charge is 0.261 e. The van der Waals surface area contributed by atoms with E-state index < -0.39 is 5.91 Å². The zero-order chi connectivity index (χ0) is 21.2. The third-order valence-corrected chi connectivity index (χ3v) is 4.67. The third-order valence-electron chi connectivity index (χ3n) is 4.67. The monoisotopic (exact) mass is 394 g/mol. The lowest BCUT2D eigenvalue weighted by Crippen LogP contribution is -2.25. The van der Waals surface area contributed by atoms with Gasteiger partial charge in [0.2, 0.25) is 0 Å². The van der Waals surface area contributed by atoms with E-state index in [9.17, 15) is 10.1 Å². The number of carbonyl (C=O) groups is 1. The fraction of sp³-hybridized carbons (Fsp3) is 0.154. The molecule has 0 aliphatic carbocycles. The zero-order valence-electron chi connectivity index (χ0n) is 16.6. The van der Waals surface area contributed by atoms with Crippen LogP contribution in [0.3, 0.4) is 0 Å². The van der Waals surface area contributed by atoms with Crippen LogP contribution < -0.4 is 10.1 Å². The summed E-state index contributed by atoms with van der Waals surface area (Å²) in [6.07, 6.45) is 8.54. The van der Waals surface area contributed by atoms with Crippen LogP contribution >= 0.6 is 0 Å². The molecule has 3 aromatic rings. The number of carbonyl (C=O) groups excluding carboxylic acids is 1. The fourth-order valence-corrected chi connectivity index (χ4v) is 3.20. The van der Waals surface area contributed by atoms with E-state index in [2.05, 4.69) is 23.4 Å². The Bertz CT molecular complexity index is 1140. The van der Waals surface area contributed by atoms with Gasteiger partial charge in [0.05, 0.1) is 0 Å². The molecular weight excluding hydrogens is 372 g/mol. The number of terminal acetylenes is 1. The molecule has 1 amide bonds. The molecule has 0 heterocycles. The van der Waals surface area contributed by atoms with E-state index in [1.165, 1.54) is 5.56 Å². The Morgan fingerprint density at radius 3 is 2.60 bits per heavy atom. The topological polar surface area (TPSA) is 62.1 Å². The molecule has 3 aromatic carbocycles. The molecule has 0 unspecified atom stereocenters. The minimum Gasteiger partial charge on any atom is -0.480 e. The molecule has 0 spiro atoms. The maximum absolute atomic E-state index is 12.6. The Balaban J connectivity index is 1.77. The van der Waals surface area contributed by atoms with Gasteiger partial charge in [0.25, 0.3) is 5.91 Å². The molecule has 4 nitrogen and oxygen atoms in total. The Labute approximate surface area is 176 Å². The average Bonchev–Trinajstić information content (AvgIpc) is 2.79. The van der Waals surface area contributed by atoms with E-state index in [0.29, 0.717) is 17.9 Å². The van der Waals surface area contributed by atoms with Crippen LogP contribution in [-0.2, 0) is 11.2 Å². The first-order valence-electron chi connectivity index (χ1n) is 9.75. The molecule has 0 aliphatic heterocycles. The van der Waals surface area contributed by atoms with Crippen LogP contribution in [0.5, 0.6) is 5.75 Å². The molecule has 3 rings (SSSR count). The van der Waals surface area contributed by atoms with Crippen LogP contribution in [0.4, 0.5) is 0 Å². The molecule has 4 heteroatoms. The summed E-state index contributed by atoms with van der Waals surface area (Å²) in [6.45, 7) is 0.593. The van der Waals surface area contributed by atoms with Gasteiger partial charge in [-0.05, 0) is 41.3 Å². The summed E-state index contributed by atoms with van der Waals surface area (Å²) >= 11 is 0. The quantitative estimate of drug-likeness (QED) is 0.265. The lowest BCUT2D eigenvalue weighted by molar-refractivity contribution is -0.117. The van der Waals surface area contributed by atoms with Crippen molar-refractivity contribution in [2.75, 3.05) is 13.2 Å². The van der Waals surface area contributed by atoms with Crippen LogP contribution in [0.1, 0.15) is 17.5 Å². The highest BCUT2D eigenvalue weighted by Gasteiger charge is 2.13. The van der Waals surface area contributed by atoms with Crippen molar-refractivity contribution in [3.05, 3.63) is 83.4 Å². The zero-order valence-corrected chi connectivity index (χ0v) is 16.6. The van der Waals surface area contributed by atoms with Gasteiger partial charge in [-0.3, -0.25) is 4.79 Å². The number of nitriles is 1. The van der Waals surface area contributed by atoms with Gasteiger partial charge >= 0.3 is 0 Å². The lowest BCUT2D eigenvalue weighted by atomic mass is 10.0. The predicted molar refractivity (Wildman–Crippen MR) is 120 cm³/mol. The van der Waals surface area contributed by atoms with Crippen molar-refractivity contribution in [1.29, 1.82) is 5.26 Å². The number of fused-ring (bicyclic) bond motifs is 1. The largest absolute Gasteiger partial charge is 0.480 e. The highest BCUT2D eigenvalue weighted by molar-refractivity contribution is 6.04. The molecule has 0 saturated heterocycles. The van der Waals surface area contributed by atoms with Gasteiger partial charge in [0.1, 0.15) is 24.0 Å². The second kappa shape index (κ2) is 10.5. The molecule has 0 bridgehead atoms. The number of benzene rings is 3. The van der Waals surface area contributed by atoms with Crippen LogP contribution in [-0.4, -0.2) is 19.1 Å². The highest BCUT2D eigenvalue weighted by atomic mass is 16.5. The minimum absolute atomic E-state index is 0.0246. The standard InChI is InChI=1S/C26H22N2O2/c1-2-17-30-25-15-14-21-12-6-7-13-23(21)24(25)18-22(19-27)26(29)28-16-8-11-20-9-4-3-5-10-20/h1,3-7,9-10,12-15,18H,8,11,16-17H2,(H,28,29)/b22-18-. The number of rotatable bonds is 8. The van der Waals surface area contributed by atoms with E-state index in [1.54, 1.807) is 12.1 Å². The first-order chi connectivity index (χ1) is 14.7. The number of nitrogens with zero attached hydrogens (tertiary/aromatic N) is 1. The van der Waals surface area contributed by atoms with Crippen molar-refractivity contribution in [3.8, 4) is 24.2 Å². The maximum Gasteiger partial charge on any atom is 0.261 e. The molecule has 0 aliphatic rings. The number of aryl methyl sites for hydroxylation is 1. The minimum atomic E-state index is -0.401. The van der Waals surface area contributed by atoms with Crippen molar-refractivity contribution < 1.29 is 9.53 Å². The first kappa shape index (κ1) is 20.7. The summed E-state index contributed by atoms with van der Waals surface area (Å²) in [6, 6.07) is 23.5. The van der Waals surface area contributed by atoms with Crippen LogP contribution in [0.15, 0.2) is 72.3 Å². The number of nitrogens with one attached hydrogen (secondary N) is 1. The van der Waals surface area contributed by atoms with Crippen molar-refractivity contribution in [3.63, 3.8) is 0 Å². The number of hydrogen-bond donors (Lipinski definition) is 1. The molecule has 0 fully saturated rings. The Kier molecular flexibility index (Phi) is 7.25. The Hall–Kier alpha value is -4.02. The van der Waals surface area contributed by atoms with Crippen molar-refractivity contribution in [2.45, 2.75) is 12.8 Å². The van der Waals surface area contributed by atoms with E-state index in [1.807, 2.05) is 54.6 Å². The highest BCUT2D eigenvalue weighted by Crippen LogP contribution is 2.30. The molecule has 148 valence electrons. The third kappa shape index (κ3) is 5.28. The lowest BCUT2D eigenvalue weighted by Gasteiger charge is -2.11. The molecule has 0 saturated carbocycles. The van der Waals surface area contributed by atoms with Crippen LogP contribution in [0.25, 0.3) is 16.8 Å². The molecule has 30 heavy (non-hydrogen) atoms. The van der Waals surface area contributed by atoms with Gasteiger partial charge in [-0.2, -0.15) is 5.26 Å². The predicted octanol–water partition coefficient (Wildman–Crippen LogP) is 4.51. The summed E-state index contributed by atoms with van der Waals surface area (Å²) < 4.78 is 5.65. The van der Waals surface area contributed by atoms with E-state index >= 15 is 0 Å². The van der Waals surface area contributed by atoms with Gasteiger partial charge in [-0.25, -0.2) is 0 Å². The second-order valence-corrected chi connectivity index (χ2v) is 6.71. The van der Waals surface area contributed by atoms with Gasteiger partial charge in [-0.15, -0.1) is 6.42 Å². The maximum atomic E-state index is 12.6. The summed E-state index contributed by atoms with van der Waals surface area (Å²) in [5.41, 5.74) is 1.91. The van der Waals surface area contributed by atoms with Gasteiger partial charge in [0, 0.05) is 12.1 Å². The van der Waals surface area contributed by atoms with Gasteiger partial charge < -0.3 is 10.1 Å². The Morgan fingerprint density at radius 1 is 1.07 bits per heavy atom. The SMILES string of the molecule is C#CCOc1ccc2ccccc2c1/C=C(/C#N)C(=O)NCCCc1ccccc1. The van der Waals surface area contributed by atoms with Crippen LogP contribution in [0.2, 0.25) is 0 Å². The first-order valence-corrected chi connectivity index (χ1v) is 9.75. The summed E-state index contributed by atoms with van der Waals surface area (Å²) in [4.78, 5) is 12.6. The van der Waals surface area contributed by atoms with E-state index in [0.717, 1.165) is 23.6 Å². The average molecular weight is 394 g/mol. The van der Waals surface area contributed by atoms with E-state index in [4.69, 9.17) is 11.2 Å². The number of hydrogen-bond acceptors (Lipinski definition) is 3. The van der Waals surface area contributed by atoms with E-state index in [-0.39, 0.29) is 12.2 Å². The Morgan fingerprint density at radius 2 is 1.83 bits per heavy atom. The van der Waals surface area contributed by atoms with Crippen molar-refractivity contribution in [2.24, 2.45) is 0 Å².